The van der Waals surface area contributed by atoms with Crippen LogP contribution in [0.5, 0.6) is 11.5 Å². The van der Waals surface area contributed by atoms with E-state index in [-0.39, 0.29) is 11.8 Å². The molecule has 1 heterocycles. The van der Waals surface area contributed by atoms with Crippen LogP contribution in [0.2, 0.25) is 0 Å². The van der Waals surface area contributed by atoms with Crippen molar-refractivity contribution in [1.29, 1.82) is 0 Å². The van der Waals surface area contributed by atoms with Gasteiger partial charge in [-0.2, -0.15) is 0 Å². The normalized spacial score (nSPS) is 14.9. The fraction of sp³-hybridized carbons (Fsp3) is 0.462. The first-order chi connectivity index (χ1) is 15.4. The minimum absolute atomic E-state index is 0.0397. The number of ether oxygens (including phenoxy) is 2. The number of benzene rings is 2. The zero-order valence-corrected chi connectivity index (χ0v) is 19.5. The van der Waals surface area contributed by atoms with Crippen molar-refractivity contribution in [3.63, 3.8) is 0 Å². The predicted octanol–water partition coefficient (Wildman–Crippen LogP) is 3.89. The van der Waals surface area contributed by atoms with Crippen LogP contribution in [-0.2, 0) is 16.0 Å². The third kappa shape index (κ3) is 6.02. The number of para-hydroxylation sites is 1. The molecule has 32 heavy (non-hydrogen) atoms. The van der Waals surface area contributed by atoms with E-state index in [9.17, 15) is 9.59 Å². The van der Waals surface area contributed by atoms with Gasteiger partial charge < -0.3 is 19.3 Å². The van der Waals surface area contributed by atoms with Crippen molar-refractivity contribution in [1.82, 2.24) is 9.80 Å². The van der Waals surface area contributed by atoms with E-state index in [1.54, 1.807) is 11.8 Å². The molecule has 2 aromatic rings. The van der Waals surface area contributed by atoms with Gasteiger partial charge in [0.2, 0.25) is 5.91 Å². The molecular formula is C26H34N2O4. The first-order valence-electron chi connectivity index (χ1n) is 11.4. The average molecular weight is 439 g/mol. The first-order valence-corrected chi connectivity index (χ1v) is 11.4. The van der Waals surface area contributed by atoms with E-state index in [1.807, 2.05) is 60.4 Å². The standard InChI is InChI=1S/C26H34N2O4/c1-5-31-22-12-10-21(11-13-22)18-25(29)27-14-16-28(17-15-27)26(30)20(4)32-24-9-7-6-8-23(24)19(2)3/h6-13,19-20H,5,14-18H2,1-4H3. The SMILES string of the molecule is CCOc1ccc(CC(=O)N2CCN(C(=O)C(C)Oc3ccccc3C(C)C)CC2)cc1. The van der Waals surface area contributed by atoms with E-state index >= 15 is 0 Å². The quantitative estimate of drug-likeness (QED) is 0.627. The molecule has 6 nitrogen and oxygen atoms in total. The molecule has 1 unspecified atom stereocenters. The monoisotopic (exact) mass is 438 g/mol. The fourth-order valence-electron chi connectivity index (χ4n) is 3.90. The highest BCUT2D eigenvalue weighted by molar-refractivity contribution is 5.82. The minimum Gasteiger partial charge on any atom is -0.494 e. The highest BCUT2D eigenvalue weighted by atomic mass is 16.5. The molecule has 1 aliphatic heterocycles. The topological polar surface area (TPSA) is 59.1 Å². The zero-order valence-electron chi connectivity index (χ0n) is 19.5. The number of carbonyl (C=O) groups excluding carboxylic acids is 2. The number of piperazine rings is 1. The van der Waals surface area contributed by atoms with Crippen LogP contribution in [0.3, 0.4) is 0 Å². The van der Waals surface area contributed by atoms with Crippen LogP contribution in [0.1, 0.15) is 44.7 Å². The van der Waals surface area contributed by atoms with Crippen LogP contribution >= 0.6 is 0 Å². The second-order valence-electron chi connectivity index (χ2n) is 8.41. The van der Waals surface area contributed by atoms with Crippen molar-refractivity contribution in [2.45, 2.75) is 46.1 Å². The van der Waals surface area contributed by atoms with Crippen molar-refractivity contribution in [2.75, 3.05) is 32.8 Å². The van der Waals surface area contributed by atoms with Gasteiger partial charge in [-0.25, -0.2) is 0 Å². The van der Waals surface area contributed by atoms with Crippen LogP contribution in [0, 0.1) is 0 Å². The Hall–Kier alpha value is -3.02. The maximum atomic E-state index is 12.9. The molecule has 3 rings (SSSR count). The summed E-state index contributed by atoms with van der Waals surface area (Å²) in [6, 6.07) is 15.5. The lowest BCUT2D eigenvalue weighted by Gasteiger charge is -2.36. The molecule has 172 valence electrons. The number of carbonyl (C=O) groups is 2. The van der Waals surface area contributed by atoms with Gasteiger partial charge >= 0.3 is 0 Å². The van der Waals surface area contributed by atoms with Crippen LogP contribution in [0.15, 0.2) is 48.5 Å². The lowest BCUT2D eigenvalue weighted by atomic mass is 10.0. The average Bonchev–Trinajstić information content (AvgIpc) is 2.80. The summed E-state index contributed by atoms with van der Waals surface area (Å²) in [6.07, 6.45) is -0.215. The van der Waals surface area contributed by atoms with Crippen molar-refractivity contribution in [2.24, 2.45) is 0 Å². The summed E-state index contributed by atoms with van der Waals surface area (Å²) < 4.78 is 11.5. The first kappa shape index (κ1) is 23.6. The number of nitrogens with zero attached hydrogens (tertiary/aromatic N) is 2. The van der Waals surface area contributed by atoms with Crippen LogP contribution in [0.4, 0.5) is 0 Å². The Morgan fingerprint density at radius 3 is 2.16 bits per heavy atom. The van der Waals surface area contributed by atoms with Gasteiger partial charge in [0.1, 0.15) is 11.5 Å². The van der Waals surface area contributed by atoms with E-state index in [0.29, 0.717) is 45.1 Å². The molecule has 1 fully saturated rings. The van der Waals surface area contributed by atoms with Crippen LogP contribution in [0.25, 0.3) is 0 Å². The molecule has 6 heteroatoms. The maximum absolute atomic E-state index is 12.9. The molecule has 0 N–H and O–H groups in total. The summed E-state index contributed by atoms with van der Waals surface area (Å²) in [4.78, 5) is 29.2. The molecular weight excluding hydrogens is 404 g/mol. The Balaban J connectivity index is 1.50. The van der Waals surface area contributed by atoms with E-state index < -0.39 is 6.10 Å². The number of amides is 2. The molecule has 0 aliphatic carbocycles. The Bertz CT molecular complexity index is 902. The predicted molar refractivity (Wildman–Crippen MR) is 125 cm³/mol. The summed E-state index contributed by atoms with van der Waals surface area (Å²) in [5.41, 5.74) is 2.06. The number of hydrogen-bond acceptors (Lipinski definition) is 4. The molecule has 0 aromatic heterocycles. The third-order valence-corrected chi connectivity index (χ3v) is 5.73. The van der Waals surface area contributed by atoms with Crippen LogP contribution < -0.4 is 9.47 Å². The second-order valence-corrected chi connectivity index (χ2v) is 8.41. The highest BCUT2D eigenvalue weighted by Gasteiger charge is 2.28. The Morgan fingerprint density at radius 2 is 1.53 bits per heavy atom. The highest BCUT2D eigenvalue weighted by Crippen LogP contribution is 2.27. The Morgan fingerprint density at radius 1 is 0.906 bits per heavy atom. The van der Waals surface area contributed by atoms with E-state index in [2.05, 4.69) is 13.8 Å². The smallest absolute Gasteiger partial charge is 0.263 e. The molecule has 0 spiro atoms. The fourth-order valence-corrected chi connectivity index (χ4v) is 3.90. The molecule has 1 aliphatic rings. The lowest BCUT2D eigenvalue weighted by molar-refractivity contribution is -0.143. The summed E-state index contributed by atoms with van der Waals surface area (Å²) in [6.45, 7) is 10.7. The van der Waals surface area contributed by atoms with Gasteiger partial charge in [0, 0.05) is 26.2 Å². The summed E-state index contributed by atoms with van der Waals surface area (Å²) in [5.74, 6) is 1.92. The van der Waals surface area contributed by atoms with E-state index in [4.69, 9.17) is 9.47 Å². The van der Waals surface area contributed by atoms with Gasteiger partial charge in [0.25, 0.3) is 5.91 Å². The molecule has 0 radical (unpaired) electrons. The largest absolute Gasteiger partial charge is 0.494 e. The number of rotatable bonds is 8. The summed E-state index contributed by atoms with van der Waals surface area (Å²) in [5, 5.41) is 0. The molecule has 0 bridgehead atoms. The van der Waals surface area contributed by atoms with Crippen molar-refractivity contribution < 1.29 is 19.1 Å². The zero-order chi connectivity index (χ0) is 23.1. The van der Waals surface area contributed by atoms with Crippen molar-refractivity contribution >= 4 is 11.8 Å². The maximum Gasteiger partial charge on any atom is 0.263 e. The van der Waals surface area contributed by atoms with Gasteiger partial charge in [-0.15, -0.1) is 0 Å². The minimum atomic E-state index is -0.569. The van der Waals surface area contributed by atoms with Gasteiger partial charge in [-0.3, -0.25) is 9.59 Å². The van der Waals surface area contributed by atoms with Gasteiger partial charge in [0.15, 0.2) is 6.10 Å². The second kappa shape index (κ2) is 11.0. The third-order valence-electron chi connectivity index (χ3n) is 5.73. The van der Waals surface area contributed by atoms with Gasteiger partial charge in [-0.05, 0) is 49.1 Å². The Kier molecular flexibility index (Phi) is 8.14. The summed E-state index contributed by atoms with van der Waals surface area (Å²) >= 11 is 0. The van der Waals surface area contributed by atoms with Crippen LogP contribution in [-0.4, -0.2) is 60.5 Å². The molecule has 1 saturated heterocycles. The molecule has 0 saturated carbocycles. The van der Waals surface area contributed by atoms with Crippen molar-refractivity contribution in [3.8, 4) is 11.5 Å². The lowest BCUT2D eigenvalue weighted by Crippen LogP contribution is -2.53. The van der Waals surface area contributed by atoms with E-state index in [0.717, 1.165) is 22.6 Å². The Labute approximate surface area is 191 Å². The van der Waals surface area contributed by atoms with Gasteiger partial charge in [-0.1, -0.05) is 44.2 Å². The molecule has 2 amide bonds. The molecule has 2 aromatic carbocycles. The van der Waals surface area contributed by atoms with Gasteiger partial charge in [0.05, 0.1) is 13.0 Å². The van der Waals surface area contributed by atoms with E-state index in [1.165, 1.54) is 0 Å². The van der Waals surface area contributed by atoms with Crippen molar-refractivity contribution in [3.05, 3.63) is 59.7 Å². The number of hydrogen-bond donors (Lipinski definition) is 0. The summed E-state index contributed by atoms with van der Waals surface area (Å²) in [7, 11) is 0. The molecule has 1 atom stereocenters.